The summed E-state index contributed by atoms with van der Waals surface area (Å²) in [7, 11) is 0. The van der Waals surface area contributed by atoms with Crippen LogP contribution in [-0.4, -0.2) is 4.98 Å². The minimum atomic E-state index is 0.666. The zero-order valence-corrected chi connectivity index (χ0v) is 13.8. The molecule has 0 aromatic carbocycles. The summed E-state index contributed by atoms with van der Waals surface area (Å²) in [6.45, 7) is 2.07. The molecule has 20 heavy (non-hydrogen) atoms. The van der Waals surface area contributed by atoms with E-state index in [4.69, 9.17) is 4.98 Å². The average Bonchev–Trinajstić information content (AvgIpc) is 2.49. The largest absolute Gasteiger partial charge is 0.261 e. The van der Waals surface area contributed by atoms with Gasteiger partial charge in [-0.1, -0.05) is 40.2 Å². The van der Waals surface area contributed by atoms with Crippen molar-refractivity contribution in [3.8, 4) is 0 Å². The second-order valence-corrected chi connectivity index (χ2v) is 6.16. The number of pyridine rings is 1. The molecule has 0 bridgehead atoms. The smallest absolute Gasteiger partial charge is 0.0434 e. The highest BCUT2D eigenvalue weighted by molar-refractivity contribution is 9.11. The highest BCUT2D eigenvalue weighted by Crippen LogP contribution is 2.35. The first-order valence-corrected chi connectivity index (χ1v) is 8.58. The van der Waals surface area contributed by atoms with Gasteiger partial charge in [-0.3, -0.25) is 4.98 Å². The molecular weight excluding hydrogens is 310 g/mol. The van der Waals surface area contributed by atoms with Crippen molar-refractivity contribution >= 4 is 15.9 Å². The van der Waals surface area contributed by atoms with Crippen molar-refractivity contribution in [1.29, 1.82) is 0 Å². The fourth-order valence-electron chi connectivity index (χ4n) is 2.95. The Labute approximate surface area is 131 Å². The van der Waals surface area contributed by atoms with Gasteiger partial charge in [0.1, 0.15) is 0 Å². The number of aryl methyl sites for hydroxylation is 1. The maximum atomic E-state index is 4.70. The van der Waals surface area contributed by atoms with Crippen molar-refractivity contribution < 1.29 is 0 Å². The average molecular weight is 334 g/mol. The lowest BCUT2D eigenvalue weighted by Gasteiger charge is -2.26. The Hall–Kier alpha value is -0.890. The van der Waals surface area contributed by atoms with Gasteiger partial charge in [0.25, 0.3) is 0 Å². The first-order valence-electron chi connectivity index (χ1n) is 7.66. The van der Waals surface area contributed by atoms with Crippen LogP contribution in [0, 0.1) is 5.92 Å². The molecule has 0 amide bonds. The maximum Gasteiger partial charge on any atom is 0.0434 e. The molecule has 1 aliphatic carbocycles. The molecule has 108 valence electrons. The van der Waals surface area contributed by atoms with Gasteiger partial charge >= 0.3 is 0 Å². The zero-order chi connectivity index (χ0) is 14.2. The fraction of sp³-hybridized carbons (Fsp3) is 0.500. The molecule has 0 N–H and O–H groups in total. The van der Waals surface area contributed by atoms with Crippen LogP contribution in [0.15, 0.2) is 41.5 Å². The van der Waals surface area contributed by atoms with E-state index >= 15 is 0 Å². The zero-order valence-electron chi connectivity index (χ0n) is 12.3. The first kappa shape index (κ1) is 15.5. The van der Waals surface area contributed by atoms with Gasteiger partial charge in [0, 0.05) is 17.8 Å². The predicted octanol–water partition coefficient (Wildman–Crippen LogP) is 5.77. The molecule has 1 aliphatic rings. The molecule has 1 heterocycles. The number of nitrogens with zero attached hydrogens (tertiary/aromatic N) is 1. The monoisotopic (exact) mass is 333 g/mol. The summed E-state index contributed by atoms with van der Waals surface area (Å²) in [6, 6.07) is 4.51. The standard InChI is InChI=1S/C18H24BrN/c1-2-3-4-5-16-8-11-18(20-14-16)17-9-6-15(7-10-17)12-13-19/h2-3,8,11-15,17H,4-7,9-10H2,1H3/b3-2+,13-12+/t15-,17-. The van der Waals surface area contributed by atoms with Gasteiger partial charge in [0.2, 0.25) is 0 Å². The lowest BCUT2D eigenvalue weighted by Crippen LogP contribution is -2.12. The number of halogens is 1. The van der Waals surface area contributed by atoms with E-state index in [-0.39, 0.29) is 0 Å². The quantitative estimate of drug-likeness (QED) is 0.623. The Kier molecular flexibility index (Phi) is 6.52. The Morgan fingerprint density at radius 3 is 2.65 bits per heavy atom. The number of allylic oxidation sites excluding steroid dienone is 3. The molecule has 1 aromatic rings. The van der Waals surface area contributed by atoms with E-state index < -0.39 is 0 Å². The third-order valence-corrected chi connectivity index (χ3v) is 4.52. The van der Waals surface area contributed by atoms with E-state index in [2.05, 4.69) is 59.4 Å². The van der Waals surface area contributed by atoms with Crippen LogP contribution in [-0.2, 0) is 6.42 Å². The van der Waals surface area contributed by atoms with Crippen LogP contribution in [0.1, 0.15) is 56.2 Å². The lowest BCUT2D eigenvalue weighted by atomic mass is 9.80. The second kappa shape index (κ2) is 8.41. The van der Waals surface area contributed by atoms with Crippen molar-refractivity contribution in [3.05, 3.63) is 52.8 Å². The fourth-order valence-corrected chi connectivity index (χ4v) is 3.38. The molecule has 2 rings (SSSR count). The van der Waals surface area contributed by atoms with Gasteiger partial charge in [0.15, 0.2) is 0 Å². The molecule has 1 nitrogen and oxygen atoms in total. The van der Waals surface area contributed by atoms with E-state index in [0.29, 0.717) is 5.92 Å². The summed E-state index contributed by atoms with van der Waals surface area (Å²) in [6.07, 6.45) is 16.0. The number of aromatic nitrogens is 1. The predicted molar refractivity (Wildman–Crippen MR) is 90.1 cm³/mol. The van der Waals surface area contributed by atoms with Crippen molar-refractivity contribution in [1.82, 2.24) is 4.98 Å². The van der Waals surface area contributed by atoms with Crippen LogP contribution in [0.3, 0.4) is 0 Å². The summed E-state index contributed by atoms with van der Waals surface area (Å²) in [5.41, 5.74) is 2.64. The van der Waals surface area contributed by atoms with Gasteiger partial charge in [-0.25, -0.2) is 0 Å². The number of hydrogen-bond acceptors (Lipinski definition) is 1. The summed E-state index contributed by atoms with van der Waals surface area (Å²) < 4.78 is 0. The third kappa shape index (κ3) is 4.59. The highest BCUT2D eigenvalue weighted by atomic mass is 79.9. The molecule has 1 saturated carbocycles. The van der Waals surface area contributed by atoms with Crippen molar-refractivity contribution in [3.63, 3.8) is 0 Å². The lowest BCUT2D eigenvalue weighted by molar-refractivity contribution is 0.371. The Morgan fingerprint density at radius 1 is 1.25 bits per heavy atom. The molecule has 0 aliphatic heterocycles. The van der Waals surface area contributed by atoms with E-state index in [1.807, 2.05) is 4.99 Å². The van der Waals surface area contributed by atoms with Crippen LogP contribution in [0.25, 0.3) is 0 Å². The van der Waals surface area contributed by atoms with E-state index in [0.717, 1.165) is 18.8 Å². The highest BCUT2D eigenvalue weighted by Gasteiger charge is 2.21. The summed E-state index contributed by atoms with van der Waals surface area (Å²) in [5.74, 6) is 1.42. The molecule has 0 spiro atoms. The molecule has 0 saturated heterocycles. The first-order chi connectivity index (χ1) is 9.83. The summed E-state index contributed by atoms with van der Waals surface area (Å²) in [5, 5.41) is 0. The van der Waals surface area contributed by atoms with Gasteiger partial charge in [-0.15, -0.1) is 0 Å². The Balaban J connectivity index is 1.87. The maximum absolute atomic E-state index is 4.70. The van der Waals surface area contributed by atoms with Gasteiger partial charge < -0.3 is 0 Å². The molecule has 0 unspecified atom stereocenters. The van der Waals surface area contributed by atoms with Gasteiger partial charge in [0.05, 0.1) is 0 Å². The topological polar surface area (TPSA) is 12.9 Å². The number of hydrogen-bond donors (Lipinski definition) is 0. The van der Waals surface area contributed by atoms with E-state index in [9.17, 15) is 0 Å². The van der Waals surface area contributed by atoms with Crippen LogP contribution < -0.4 is 0 Å². The van der Waals surface area contributed by atoms with Crippen LogP contribution >= 0.6 is 15.9 Å². The van der Waals surface area contributed by atoms with Crippen molar-refractivity contribution in [2.45, 2.75) is 51.4 Å². The second-order valence-electron chi connectivity index (χ2n) is 5.63. The van der Waals surface area contributed by atoms with E-state index in [1.54, 1.807) is 0 Å². The Morgan fingerprint density at radius 2 is 2.05 bits per heavy atom. The number of rotatable bonds is 5. The molecule has 2 heteroatoms. The van der Waals surface area contributed by atoms with Crippen LogP contribution in [0.2, 0.25) is 0 Å². The minimum absolute atomic E-state index is 0.666. The third-order valence-electron chi connectivity index (χ3n) is 4.22. The molecule has 0 radical (unpaired) electrons. The van der Waals surface area contributed by atoms with Crippen LogP contribution in [0.4, 0.5) is 0 Å². The Bertz CT molecular complexity index is 439. The summed E-state index contributed by atoms with van der Waals surface area (Å²) in [4.78, 5) is 6.71. The SMILES string of the molecule is C/C=C/CCc1ccc([C@H]2CC[C@H](/C=C/Br)CC2)nc1. The molecule has 1 aromatic heterocycles. The molecular formula is C18H24BrN. The van der Waals surface area contributed by atoms with Gasteiger partial charge in [-0.2, -0.15) is 0 Å². The van der Waals surface area contributed by atoms with Crippen molar-refractivity contribution in [2.75, 3.05) is 0 Å². The van der Waals surface area contributed by atoms with Crippen molar-refractivity contribution in [2.24, 2.45) is 5.92 Å². The normalized spacial score (nSPS) is 23.7. The summed E-state index contributed by atoms with van der Waals surface area (Å²) >= 11 is 3.38. The van der Waals surface area contributed by atoms with Crippen LogP contribution in [0.5, 0.6) is 0 Å². The minimum Gasteiger partial charge on any atom is -0.261 e. The van der Waals surface area contributed by atoms with Gasteiger partial charge in [-0.05, 0) is 68.0 Å². The molecule has 1 fully saturated rings. The van der Waals surface area contributed by atoms with E-state index in [1.165, 1.54) is 36.9 Å². The molecule has 0 atom stereocenters.